The van der Waals surface area contributed by atoms with Gasteiger partial charge in [-0.15, -0.1) is 0 Å². The zero-order chi connectivity index (χ0) is 17.1. The van der Waals surface area contributed by atoms with Crippen molar-refractivity contribution in [2.45, 2.75) is 58.0 Å². The summed E-state index contributed by atoms with van der Waals surface area (Å²) in [5.74, 6) is -2.33. The Morgan fingerprint density at radius 1 is 1.36 bits per heavy atom. The summed E-state index contributed by atoms with van der Waals surface area (Å²) in [6.07, 6.45) is -3.74. The molecule has 1 fully saturated rings. The van der Waals surface area contributed by atoms with Crippen molar-refractivity contribution < 1.29 is 33.8 Å². The standard InChI is InChI=1S/C13H20N2O7/c1-6(16)9(15-12(20)22-13(2,3)4)11(19)21-7-5-8(17)14-10(7)18/h6-7,9,16H,5H2,1-4H3,(H,15,20)(H,14,17,18)/t6-,7-,9+/m1/s1. The lowest BCUT2D eigenvalue weighted by atomic mass is 10.2. The van der Waals surface area contributed by atoms with Crippen LogP contribution in [0.15, 0.2) is 0 Å². The number of aliphatic hydroxyl groups is 1. The molecule has 0 radical (unpaired) electrons. The van der Waals surface area contributed by atoms with Gasteiger partial charge >= 0.3 is 12.1 Å². The molecule has 9 heteroatoms. The molecule has 0 aromatic heterocycles. The fourth-order valence-corrected chi connectivity index (χ4v) is 1.65. The first-order valence-corrected chi connectivity index (χ1v) is 6.71. The third kappa shape index (κ3) is 5.32. The monoisotopic (exact) mass is 316 g/mol. The van der Waals surface area contributed by atoms with Gasteiger partial charge in [-0.3, -0.25) is 14.9 Å². The van der Waals surface area contributed by atoms with Gasteiger partial charge in [0.05, 0.1) is 12.5 Å². The Kier molecular flexibility index (Phi) is 5.48. The molecular formula is C13H20N2O7. The average Bonchev–Trinajstić information content (AvgIpc) is 2.62. The molecule has 9 nitrogen and oxygen atoms in total. The summed E-state index contributed by atoms with van der Waals surface area (Å²) in [5.41, 5.74) is -0.783. The summed E-state index contributed by atoms with van der Waals surface area (Å²) >= 11 is 0. The van der Waals surface area contributed by atoms with Crippen LogP contribution in [0.3, 0.4) is 0 Å². The van der Waals surface area contributed by atoms with Gasteiger partial charge in [0.1, 0.15) is 5.60 Å². The quantitative estimate of drug-likeness (QED) is 0.458. The van der Waals surface area contributed by atoms with Crippen LogP contribution in [-0.2, 0) is 23.9 Å². The van der Waals surface area contributed by atoms with Gasteiger partial charge in [-0.2, -0.15) is 0 Å². The van der Waals surface area contributed by atoms with Crippen LogP contribution in [0.2, 0.25) is 0 Å². The minimum atomic E-state index is -1.42. The lowest BCUT2D eigenvalue weighted by Crippen LogP contribution is -2.51. The second-order valence-electron chi connectivity index (χ2n) is 5.91. The summed E-state index contributed by atoms with van der Waals surface area (Å²) in [4.78, 5) is 46.0. The molecule has 0 saturated carbocycles. The van der Waals surface area contributed by atoms with Crippen LogP contribution in [0, 0.1) is 0 Å². The van der Waals surface area contributed by atoms with Crippen LogP contribution in [0.5, 0.6) is 0 Å². The third-order valence-electron chi connectivity index (χ3n) is 2.59. The van der Waals surface area contributed by atoms with Gasteiger partial charge in [0.15, 0.2) is 12.1 Å². The number of alkyl carbamates (subject to hydrolysis) is 1. The minimum Gasteiger partial charge on any atom is -0.450 e. The number of hydrogen-bond acceptors (Lipinski definition) is 7. The fraction of sp³-hybridized carbons (Fsp3) is 0.692. The maximum atomic E-state index is 12.0. The molecule has 22 heavy (non-hydrogen) atoms. The average molecular weight is 316 g/mol. The minimum absolute atomic E-state index is 0.288. The molecule has 1 rings (SSSR count). The normalized spacial score (nSPS) is 20.9. The summed E-state index contributed by atoms with van der Waals surface area (Å²) in [7, 11) is 0. The lowest BCUT2D eigenvalue weighted by molar-refractivity contribution is -0.158. The van der Waals surface area contributed by atoms with Gasteiger partial charge in [-0.1, -0.05) is 0 Å². The molecule has 3 amide bonds. The van der Waals surface area contributed by atoms with Crippen LogP contribution < -0.4 is 10.6 Å². The first-order valence-electron chi connectivity index (χ1n) is 6.71. The highest BCUT2D eigenvalue weighted by Crippen LogP contribution is 2.11. The molecule has 3 atom stereocenters. The van der Waals surface area contributed by atoms with Crippen molar-refractivity contribution in [3.8, 4) is 0 Å². The molecule has 0 aromatic rings. The molecule has 0 aromatic carbocycles. The molecule has 0 spiro atoms. The molecule has 1 aliphatic heterocycles. The molecular weight excluding hydrogens is 296 g/mol. The van der Waals surface area contributed by atoms with E-state index in [1.807, 2.05) is 5.32 Å². The van der Waals surface area contributed by atoms with Gasteiger partial charge in [0, 0.05) is 0 Å². The molecule has 0 unspecified atom stereocenters. The van der Waals surface area contributed by atoms with Crippen molar-refractivity contribution in [3.63, 3.8) is 0 Å². The second kappa shape index (κ2) is 6.73. The van der Waals surface area contributed by atoms with Crippen LogP contribution in [0.4, 0.5) is 4.79 Å². The summed E-state index contributed by atoms with van der Waals surface area (Å²) in [6, 6.07) is -1.42. The molecule has 0 aliphatic carbocycles. The second-order valence-corrected chi connectivity index (χ2v) is 5.91. The topological polar surface area (TPSA) is 131 Å². The summed E-state index contributed by atoms with van der Waals surface area (Å²) in [5, 5.41) is 13.7. The zero-order valence-corrected chi connectivity index (χ0v) is 12.8. The lowest BCUT2D eigenvalue weighted by Gasteiger charge is -2.24. The Hall–Kier alpha value is -2.16. The molecule has 0 bridgehead atoms. The van der Waals surface area contributed by atoms with Crippen molar-refractivity contribution in [2.75, 3.05) is 0 Å². The van der Waals surface area contributed by atoms with E-state index in [9.17, 15) is 24.3 Å². The third-order valence-corrected chi connectivity index (χ3v) is 2.59. The van der Waals surface area contributed by atoms with Crippen LogP contribution in [0.25, 0.3) is 0 Å². The number of nitrogens with one attached hydrogen (secondary N) is 2. The number of imide groups is 1. The van der Waals surface area contributed by atoms with Gasteiger partial charge in [0.2, 0.25) is 5.91 Å². The maximum Gasteiger partial charge on any atom is 0.408 e. The zero-order valence-electron chi connectivity index (χ0n) is 12.8. The number of hydrogen-bond donors (Lipinski definition) is 3. The highest BCUT2D eigenvalue weighted by molar-refractivity contribution is 6.05. The largest absolute Gasteiger partial charge is 0.450 e. The van der Waals surface area contributed by atoms with E-state index >= 15 is 0 Å². The van der Waals surface area contributed by atoms with Gasteiger partial charge in [-0.05, 0) is 27.7 Å². The SMILES string of the molecule is C[C@@H](O)[C@H](NC(=O)OC(C)(C)C)C(=O)O[C@@H]1CC(=O)NC1=O. The predicted octanol–water partition coefficient (Wildman–Crippen LogP) is -0.781. The molecule has 1 saturated heterocycles. The Morgan fingerprint density at radius 3 is 2.36 bits per heavy atom. The van der Waals surface area contributed by atoms with Gasteiger partial charge in [0.25, 0.3) is 5.91 Å². The van der Waals surface area contributed by atoms with Gasteiger partial charge < -0.3 is 19.9 Å². The summed E-state index contributed by atoms with van der Waals surface area (Å²) < 4.78 is 9.82. The number of esters is 1. The molecule has 3 N–H and O–H groups in total. The Balaban J connectivity index is 2.66. The van der Waals surface area contributed by atoms with Crippen molar-refractivity contribution in [1.29, 1.82) is 0 Å². The highest BCUT2D eigenvalue weighted by Gasteiger charge is 2.37. The van der Waals surface area contributed by atoms with E-state index in [-0.39, 0.29) is 6.42 Å². The highest BCUT2D eigenvalue weighted by atomic mass is 16.6. The Morgan fingerprint density at radius 2 is 1.95 bits per heavy atom. The van der Waals surface area contributed by atoms with Crippen molar-refractivity contribution in [3.05, 3.63) is 0 Å². The molecule has 1 aliphatic rings. The Bertz CT molecular complexity index is 481. The number of aliphatic hydroxyl groups excluding tert-OH is 1. The van der Waals surface area contributed by atoms with E-state index in [2.05, 4.69) is 5.32 Å². The van der Waals surface area contributed by atoms with Crippen LogP contribution >= 0.6 is 0 Å². The Labute approximate surface area is 127 Å². The number of amides is 3. The number of rotatable bonds is 4. The van der Waals surface area contributed by atoms with E-state index in [1.54, 1.807) is 20.8 Å². The molecule has 1 heterocycles. The fourth-order valence-electron chi connectivity index (χ4n) is 1.65. The van der Waals surface area contributed by atoms with Gasteiger partial charge in [-0.25, -0.2) is 9.59 Å². The molecule has 124 valence electrons. The van der Waals surface area contributed by atoms with Crippen LogP contribution in [0.1, 0.15) is 34.1 Å². The van der Waals surface area contributed by atoms with Crippen molar-refractivity contribution >= 4 is 23.9 Å². The van der Waals surface area contributed by atoms with Crippen molar-refractivity contribution in [2.24, 2.45) is 0 Å². The van der Waals surface area contributed by atoms with E-state index in [0.29, 0.717) is 0 Å². The van der Waals surface area contributed by atoms with E-state index in [0.717, 1.165) is 0 Å². The van der Waals surface area contributed by atoms with E-state index in [4.69, 9.17) is 9.47 Å². The smallest absolute Gasteiger partial charge is 0.408 e. The van der Waals surface area contributed by atoms with Crippen LogP contribution in [-0.4, -0.2) is 52.8 Å². The predicted molar refractivity (Wildman–Crippen MR) is 72.5 cm³/mol. The maximum absolute atomic E-state index is 12.0. The number of ether oxygens (including phenoxy) is 2. The number of carbonyl (C=O) groups is 4. The number of carbonyl (C=O) groups excluding carboxylic acids is 4. The van der Waals surface area contributed by atoms with E-state index < -0.39 is 47.7 Å². The first kappa shape index (κ1) is 17.9. The first-order chi connectivity index (χ1) is 9.99. The summed E-state index contributed by atoms with van der Waals surface area (Å²) in [6.45, 7) is 6.17. The van der Waals surface area contributed by atoms with Crippen molar-refractivity contribution in [1.82, 2.24) is 10.6 Å². The van der Waals surface area contributed by atoms with E-state index in [1.165, 1.54) is 6.92 Å².